The lowest BCUT2D eigenvalue weighted by Crippen LogP contribution is -2.44. The summed E-state index contributed by atoms with van der Waals surface area (Å²) in [5, 5.41) is 20.3. The molecule has 0 spiro atoms. The number of piperazine rings is 1. The monoisotopic (exact) mass is 433 g/mol. The molecular formula is C20H20FN3O5S. The molecule has 0 bridgehead atoms. The summed E-state index contributed by atoms with van der Waals surface area (Å²) in [6, 6.07) is 2.68. The summed E-state index contributed by atoms with van der Waals surface area (Å²) < 4.78 is 16.6. The van der Waals surface area contributed by atoms with Crippen LogP contribution in [0.5, 0.6) is 0 Å². The Morgan fingerprint density at radius 1 is 1.17 bits per heavy atom. The highest BCUT2D eigenvalue weighted by molar-refractivity contribution is 7.16. The Bertz CT molecular complexity index is 1230. The van der Waals surface area contributed by atoms with Crippen LogP contribution in [0.2, 0.25) is 0 Å². The number of benzene rings is 1. The molecule has 2 N–H and O–H groups in total. The van der Waals surface area contributed by atoms with E-state index in [1.807, 2.05) is 11.9 Å². The van der Waals surface area contributed by atoms with Crippen molar-refractivity contribution in [3.8, 4) is 0 Å². The van der Waals surface area contributed by atoms with Gasteiger partial charge in [-0.15, -0.1) is 11.3 Å². The predicted octanol–water partition coefficient (Wildman–Crippen LogP) is 2.12. The molecule has 3 heterocycles. The van der Waals surface area contributed by atoms with E-state index in [-0.39, 0.29) is 23.1 Å². The minimum atomic E-state index is -1.39. The number of hydrogen-bond acceptors (Lipinski definition) is 6. The van der Waals surface area contributed by atoms with Crippen LogP contribution >= 0.6 is 11.3 Å². The van der Waals surface area contributed by atoms with E-state index in [1.165, 1.54) is 0 Å². The highest BCUT2D eigenvalue weighted by atomic mass is 32.1. The normalized spacial score (nSPS) is 15.2. The zero-order chi connectivity index (χ0) is 21.6. The van der Waals surface area contributed by atoms with Crippen LogP contribution in [0.1, 0.15) is 22.5 Å². The van der Waals surface area contributed by atoms with Crippen molar-refractivity contribution in [2.45, 2.75) is 12.8 Å². The SMILES string of the molecule is CN1CCN(c2cc3c(cc2F)c(=O)c(C(=O)O)c2scc(CCC(=O)O)n23)CC1. The minimum absolute atomic E-state index is 0.0322. The second kappa shape index (κ2) is 7.69. The number of nitrogens with zero attached hydrogens (tertiary/aromatic N) is 3. The van der Waals surface area contributed by atoms with Gasteiger partial charge in [-0.1, -0.05) is 0 Å². The van der Waals surface area contributed by atoms with Crippen molar-refractivity contribution >= 4 is 44.7 Å². The van der Waals surface area contributed by atoms with Gasteiger partial charge in [-0.05, 0) is 25.6 Å². The van der Waals surface area contributed by atoms with Gasteiger partial charge in [0, 0.05) is 37.3 Å². The molecule has 30 heavy (non-hydrogen) atoms. The number of carbonyl (C=O) groups is 2. The molecule has 4 rings (SSSR count). The number of aromatic carboxylic acids is 1. The summed E-state index contributed by atoms with van der Waals surface area (Å²) in [6.45, 7) is 2.79. The summed E-state index contributed by atoms with van der Waals surface area (Å²) in [6.07, 6.45) is 0.0158. The largest absolute Gasteiger partial charge is 0.481 e. The molecule has 2 aromatic heterocycles. The number of pyridine rings is 1. The summed E-state index contributed by atoms with van der Waals surface area (Å²) in [4.78, 5) is 40.0. The Morgan fingerprint density at radius 2 is 1.87 bits per heavy atom. The van der Waals surface area contributed by atoms with Gasteiger partial charge in [0.25, 0.3) is 0 Å². The molecule has 0 unspecified atom stereocenters. The molecular weight excluding hydrogens is 413 g/mol. The van der Waals surface area contributed by atoms with Crippen molar-refractivity contribution in [1.29, 1.82) is 0 Å². The number of anilines is 1. The van der Waals surface area contributed by atoms with Crippen LogP contribution in [0, 0.1) is 5.82 Å². The quantitative estimate of drug-likeness (QED) is 0.635. The van der Waals surface area contributed by atoms with Gasteiger partial charge >= 0.3 is 11.9 Å². The van der Waals surface area contributed by atoms with Gasteiger partial charge in [-0.3, -0.25) is 9.59 Å². The lowest BCUT2D eigenvalue weighted by Gasteiger charge is -2.34. The number of halogens is 1. The van der Waals surface area contributed by atoms with E-state index in [4.69, 9.17) is 5.11 Å². The summed E-state index contributed by atoms with van der Waals surface area (Å²) >= 11 is 1.07. The minimum Gasteiger partial charge on any atom is -0.481 e. The average Bonchev–Trinajstić information content (AvgIpc) is 3.10. The fourth-order valence-electron chi connectivity index (χ4n) is 3.83. The van der Waals surface area contributed by atoms with Gasteiger partial charge in [0.05, 0.1) is 23.0 Å². The van der Waals surface area contributed by atoms with E-state index in [2.05, 4.69) is 4.90 Å². The van der Waals surface area contributed by atoms with E-state index < -0.39 is 28.7 Å². The molecule has 0 amide bonds. The van der Waals surface area contributed by atoms with Gasteiger partial charge in [0.2, 0.25) is 5.43 Å². The van der Waals surface area contributed by atoms with Crippen molar-refractivity contribution in [3.05, 3.63) is 44.8 Å². The zero-order valence-electron chi connectivity index (χ0n) is 16.2. The fraction of sp³-hybridized carbons (Fsp3) is 0.350. The number of likely N-dealkylation sites (N-methyl/N-ethyl adjacent to an activating group) is 1. The van der Waals surface area contributed by atoms with E-state index in [0.717, 1.165) is 30.5 Å². The molecule has 8 nitrogen and oxygen atoms in total. The number of thiazole rings is 1. The average molecular weight is 433 g/mol. The molecule has 0 aliphatic carbocycles. The maximum Gasteiger partial charge on any atom is 0.342 e. The third-order valence-corrected chi connectivity index (χ3v) is 6.44. The standard InChI is InChI=1S/C20H20FN3O5S/c1-22-4-6-23(7-5-22)15-9-14-12(8-13(15)21)18(27)17(20(28)29)19-24(14)11(10-30-19)2-3-16(25)26/h8-10H,2-7H2,1H3,(H,25,26)(H,28,29). The van der Waals surface area contributed by atoms with E-state index in [0.29, 0.717) is 30.0 Å². The van der Waals surface area contributed by atoms with Crippen LogP contribution < -0.4 is 10.3 Å². The highest BCUT2D eigenvalue weighted by Crippen LogP contribution is 2.30. The number of aliphatic carboxylic acids is 1. The fourth-order valence-corrected chi connectivity index (χ4v) is 4.92. The molecule has 158 valence electrons. The number of carboxylic acids is 2. The van der Waals surface area contributed by atoms with Crippen LogP contribution in [0.4, 0.5) is 10.1 Å². The number of aryl methyl sites for hydroxylation is 1. The van der Waals surface area contributed by atoms with E-state index in [1.54, 1.807) is 15.8 Å². The van der Waals surface area contributed by atoms with Crippen LogP contribution in [0.25, 0.3) is 15.7 Å². The Balaban J connectivity index is 1.99. The molecule has 0 atom stereocenters. The summed E-state index contributed by atoms with van der Waals surface area (Å²) in [5.74, 6) is -2.96. The summed E-state index contributed by atoms with van der Waals surface area (Å²) in [5.41, 5.74) is 0.133. The first-order valence-corrected chi connectivity index (χ1v) is 10.3. The van der Waals surface area contributed by atoms with Crippen molar-refractivity contribution in [3.63, 3.8) is 0 Å². The smallest absolute Gasteiger partial charge is 0.342 e. The second-order valence-electron chi connectivity index (χ2n) is 7.38. The van der Waals surface area contributed by atoms with Crippen LogP contribution in [0.3, 0.4) is 0 Å². The summed E-state index contributed by atoms with van der Waals surface area (Å²) in [7, 11) is 1.99. The number of hydrogen-bond donors (Lipinski definition) is 2. The van der Waals surface area contributed by atoms with Crippen molar-refractivity contribution < 1.29 is 24.2 Å². The van der Waals surface area contributed by atoms with Crippen LogP contribution in [-0.2, 0) is 11.2 Å². The molecule has 1 aromatic carbocycles. The van der Waals surface area contributed by atoms with Crippen molar-refractivity contribution in [2.75, 3.05) is 38.1 Å². The lowest BCUT2D eigenvalue weighted by molar-refractivity contribution is -0.136. The molecule has 1 saturated heterocycles. The third-order valence-electron chi connectivity index (χ3n) is 5.44. The number of carboxylic acid groups (broad SMARTS) is 2. The highest BCUT2D eigenvalue weighted by Gasteiger charge is 2.24. The molecule has 10 heteroatoms. The molecule has 0 radical (unpaired) electrons. The molecule has 0 saturated carbocycles. The van der Waals surface area contributed by atoms with Gasteiger partial charge in [-0.2, -0.15) is 0 Å². The molecule has 1 aliphatic heterocycles. The first-order valence-electron chi connectivity index (χ1n) is 9.45. The molecule has 1 fully saturated rings. The Kier molecular flexibility index (Phi) is 5.20. The Morgan fingerprint density at radius 3 is 2.50 bits per heavy atom. The van der Waals surface area contributed by atoms with Gasteiger partial charge in [-0.25, -0.2) is 9.18 Å². The van der Waals surface area contributed by atoms with E-state index >= 15 is 0 Å². The predicted molar refractivity (Wildman–Crippen MR) is 112 cm³/mol. The first-order chi connectivity index (χ1) is 14.3. The first kappa shape index (κ1) is 20.3. The maximum absolute atomic E-state index is 15.0. The van der Waals surface area contributed by atoms with Gasteiger partial charge < -0.3 is 24.4 Å². The number of aromatic nitrogens is 1. The second-order valence-corrected chi connectivity index (χ2v) is 8.24. The van der Waals surface area contributed by atoms with Crippen molar-refractivity contribution in [1.82, 2.24) is 9.30 Å². The Labute approximate surface area is 174 Å². The molecule has 3 aromatic rings. The van der Waals surface area contributed by atoms with Crippen molar-refractivity contribution in [2.24, 2.45) is 0 Å². The topological polar surface area (TPSA) is 103 Å². The number of rotatable bonds is 5. The van der Waals surface area contributed by atoms with Gasteiger partial charge in [0.15, 0.2) is 0 Å². The van der Waals surface area contributed by atoms with Crippen LogP contribution in [0.15, 0.2) is 22.3 Å². The zero-order valence-corrected chi connectivity index (χ0v) is 17.0. The number of fused-ring (bicyclic) bond motifs is 3. The van der Waals surface area contributed by atoms with Gasteiger partial charge in [0.1, 0.15) is 16.2 Å². The maximum atomic E-state index is 15.0. The van der Waals surface area contributed by atoms with E-state index in [9.17, 15) is 23.9 Å². The molecule has 1 aliphatic rings. The van der Waals surface area contributed by atoms with Crippen LogP contribution in [-0.4, -0.2) is 64.7 Å². The lowest BCUT2D eigenvalue weighted by atomic mass is 10.1. The third kappa shape index (κ3) is 3.41. The Hall–Kier alpha value is -2.98.